The molecule has 0 fully saturated rings. The van der Waals surface area contributed by atoms with E-state index in [0.717, 1.165) is 0 Å². The molecule has 18 heavy (non-hydrogen) atoms. The number of nitro groups is 1. The summed E-state index contributed by atoms with van der Waals surface area (Å²) in [5, 5.41) is 19.6. The lowest BCUT2D eigenvalue weighted by Crippen LogP contribution is -2.15. The Morgan fingerprint density at radius 2 is 2.28 bits per heavy atom. The maximum Gasteiger partial charge on any atom is 0.281 e. The topological polar surface area (TPSA) is 84.0 Å². The summed E-state index contributed by atoms with van der Waals surface area (Å²) in [5.41, 5.74) is -0.170. The van der Waals surface area contributed by atoms with Gasteiger partial charge in [0.15, 0.2) is 5.78 Å². The molecule has 0 aromatic heterocycles. The van der Waals surface area contributed by atoms with E-state index in [4.69, 9.17) is 5.26 Å². The van der Waals surface area contributed by atoms with E-state index in [9.17, 15) is 14.9 Å². The van der Waals surface area contributed by atoms with E-state index in [1.807, 2.05) is 6.07 Å². The smallest absolute Gasteiger partial charge is 0.281 e. The van der Waals surface area contributed by atoms with Crippen LogP contribution >= 0.6 is 15.9 Å². The normalized spacial score (nSPS) is 11.6. The van der Waals surface area contributed by atoms with Gasteiger partial charge in [0, 0.05) is 22.9 Å². The van der Waals surface area contributed by atoms with Crippen molar-refractivity contribution < 1.29 is 9.72 Å². The molecule has 0 saturated carbocycles. The molecule has 0 aliphatic carbocycles. The molecule has 0 aliphatic rings. The van der Waals surface area contributed by atoms with Crippen molar-refractivity contribution in [1.29, 1.82) is 5.26 Å². The first kappa shape index (κ1) is 14.3. The van der Waals surface area contributed by atoms with Crippen LogP contribution < -0.4 is 0 Å². The average molecular weight is 311 g/mol. The summed E-state index contributed by atoms with van der Waals surface area (Å²) in [4.78, 5) is 22.5. The van der Waals surface area contributed by atoms with Gasteiger partial charge in [-0.3, -0.25) is 14.9 Å². The molecular formula is C12H11BrN2O3. The summed E-state index contributed by atoms with van der Waals surface area (Å²) in [7, 11) is 0. The van der Waals surface area contributed by atoms with E-state index in [1.54, 1.807) is 13.0 Å². The number of rotatable bonds is 5. The van der Waals surface area contributed by atoms with E-state index in [0.29, 0.717) is 10.9 Å². The summed E-state index contributed by atoms with van der Waals surface area (Å²) < 4.78 is 0.541. The number of nitriles is 1. The Hall–Kier alpha value is -1.74. The highest BCUT2D eigenvalue weighted by atomic mass is 79.9. The zero-order valence-corrected chi connectivity index (χ0v) is 11.3. The molecule has 0 saturated heterocycles. The molecule has 1 aromatic carbocycles. The third-order valence-electron chi connectivity index (χ3n) is 2.62. The van der Waals surface area contributed by atoms with Gasteiger partial charge in [-0.1, -0.05) is 22.9 Å². The Morgan fingerprint density at radius 1 is 1.61 bits per heavy atom. The first-order valence-corrected chi connectivity index (χ1v) is 6.15. The van der Waals surface area contributed by atoms with Crippen LogP contribution in [0, 0.1) is 27.4 Å². The van der Waals surface area contributed by atoms with Crippen molar-refractivity contribution in [2.75, 3.05) is 0 Å². The van der Waals surface area contributed by atoms with Gasteiger partial charge in [-0.25, -0.2) is 0 Å². The van der Waals surface area contributed by atoms with E-state index in [1.165, 1.54) is 12.1 Å². The molecular weight excluding hydrogens is 300 g/mol. The molecule has 94 valence electrons. The molecule has 0 heterocycles. The molecule has 0 aliphatic heterocycles. The zero-order chi connectivity index (χ0) is 13.7. The average Bonchev–Trinajstić information content (AvgIpc) is 2.35. The fourth-order valence-electron chi connectivity index (χ4n) is 1.62. The van der Waals surface area contributed by atoms with Crippen molar-refractivity contribution >= 4 is 27.4 Å². The fourth-order valence-corrected chi connectivity index (χ4v) is 1.97. The third-order valence-corrected chi connectivity index (χ3v) is 3.12. The van der Waals surface area contributed by atoms with Crippen LogP contribution in [-0.2, 0) is 0 Å². The van der Waals surface area contributed by atoms with Gasteiger partial charge in [0.05, 0.1) is 16.6 Å². The minimum absolute atomic E-state index is 0.0605. The number of benzene rings is 1. The lowest BCUT2D eigenvalue weighted by Gasteiger charge is -2.10. The Labute approximate surface area is 113 Å². The van der Waals surface area contributed by atoms with E-state index in [-0.39, 0.29) is 23.5 Å². The SMILES string of the molecule is CCC(CC#N)C(=O)c1ccc(Br)cc1[N+](=O)[O-]. The predicted molar refractivity (Wildman–Crippen MR) is 69.1 cm³/mol. The Kier molecular flexibility index (Phi) is 4.98. The summed E-state index contributed by atoms with van der Waals surface area (Å²) in [6.45, 7) is 1.78. The van der Waals surface area contributed by atoms with Crippen molar-refractivity contribution in [1.82, 2.24) is 0 Å². The van der Waals surface area contributed by atoms with Crippen LogP contribution in [0.4, 0.5) is 5.69 Å². The number of hydrogen-bond acceptors (Lipinski definition) is 4. The maximum atomic E-state index is 12.1. The maximum absolute atomic E-state index is 12.1. The van der Waals surface area contributed by atoms with Gasteiger partial charge in [0.25, 0.3) is 5.69 Å². The third kappa shape index (κ3) is 3.14. The molecule has 5 nitrogen and oxygen atoms in total. The van der Waals surface area contributed by atoms with Gasteiger partial charge in [0.1, 0.15) is 0 Å². The lowest BCUT2D eigenvalue weighted by atomic mass is 9.92. The summed E-state index contributed by atoms with van der Waals surface area (Å²) >= 11 is 3.13. The van der Waals surface area contributed by atoms with Gasteiger partial charge in [-0.2, -0.15) is 5.26 Å². The molecule has 0 N–H and O–H groups in total. The molecule has 6 heteroatoms. The van der Waals surface area contributed by atoms with Gasteiger partial charge in [0.2, 0.25) is 0 Å². The van der Waals surface area contributed by atoms with Gasteiger partial charge in [-0.05, 0) is 18.6 Å². The minimum atomic E-state index is -0.586. The summed E-state index contributed by atoms with van der Waals surface area (Å²) in [5.74, 6) is -0.840. The second-order valence-corrected chi connectivity index (χ2v) is 4.67. The van der Waals surface area contributed by atoms with Crippen LogP contribution in [0.5, 0.6) is 0 Å². The lowest BCUT2D eigenvalue weighted by molar-refractivity contribution is -0.385. The summed E-state index contributed by atoms with van der Waals surface area (Å²) in [6.07, 6.45) is 0.558. The second-order valence-electron chi connectivity index (χ2n) is 3.75. The number of nitro benzene ring substituents is 1. The van der Waals surface area contributed by atoms with Crippen LogP contribution in [0.15, 0.2) is 22.7 Å². The van der Waals surface area contributed by atoms with Crippen LogP contribution in [0.2, 0.25) is 0 Å². The minimum Gasteiger partial charge on any atom is -0.294 e. The Bertz CT molecular complexity index is 523. The largest absolute Gasteiger partial charge is 0.294 e. The molecule has 0 amide bonds. The second kappa shape index (κ2) is 6.26. The Balaban J connectivity index is 3.20. The van der Waals surface area contributed by atoms with Crippen LogP contribution in [-0.4, -0.2) is 10.7 Å². The highest BCUT2D eigenvalue weighted by Crippen LogP contribution is 2.27. The molecule has 1 rings (SSSR count). The molecule has 1 unspecified atom stereocenters. The molecule has 0 bridgehead atoms. The highest BCUT2D eigenvalue weighted by molar-refractivity contribution is 9.10. The monoisotopic (exact) mass is 310 g/mol. The van der Waals surface area contributed by atoms with Crippen molar-refractivity contribution in [2.24, 2.45) is 5.92 Å². The number of carbonyl (C=O) groups excluding carboxylic acids is 1. The first-order chi connectivity index (χ1) is 8.51. The highest BCUT2D eigenvalue weighted by Gasteiger charge is 2.25. The number of Topliss-reactive ketones (excluding diaryl/α,β-unsaturated/α-hetero) is 1. The van der Waals surface area contributed by atoms with Gasteiger partial charge >= 0.3 is 0 Å². The van der Waals surface area contributed by atoms with Crippen LogP contribution in [0.25, 0.3) is 0 Å². The Morgan fingerprint density at radius 3 is 2.78 bits per heavy atom. The van der Waals surface area contributed by atoms with Crippen LogP contribution in [0.3, 0.4) is 0 Å². The number of halogens is 1. The standard InChI is InChI=1S/C12H11BrN2O3/c1-2-8(5-6-14)12(16)10-4-3-9(13)7-11(10)15(17)18/h3-4,7-8H,2,5H2,1H3. The number of ketones is 1. The van der Waals surface area contributed by atoms with Crippen molar-refractivity contribution in [2.45, 2.75) is 19.8 Å². The number of carbonyl (C=O) groups is 1. The van der Waals surface area contributed by atoms with E-state index in [2.05, 4.69) is 15.9 Å². The van der Waals surface area contributed by atoms with Crippen molar-refractivity contribution in [3.63, 3.8) is 0 Å². The van der Waals surface area contributed by atoms with Crippen molar-refractivity contribution in [3.05, 3.63) is 38.3 Å². The zero-order valence-electron chi connectivity index (χ0n) is 9.72. The molecule has 0 radical (unpaired) electrons. The first-order valence-electron chi connectivity index (χ1n) is 5.36. The van der Waals surface area contributed by atoms with Crippen molar-refractivity contribution in [3.8, 4) is 6.07 Å². The predicted octanol–water partition coefficient (Wildman–Crippen LogP) is 3.48. The number of hydrogen-bond donors (Lipinski definition) is 0. The quantitative estimate of drug-likeness (QED) is 0.473. The molecule has 1 aromatic rings. The fraction of sp³-hybridized carbons (Fsp3) is 0.333. The van der Waals surface area contributed by atoms with Gasteiger partial charge in [-0.15, -0.1) is 0 Å². The molecule has 1 atom stereocenters. The van der Waals surface area contributed by atoms with Crippen LogP contribution in [0.1, 0.15) is 30.1 Å². The van der Waals surface area contributed by atoms with Gasteiger partial charge < -0.3 is 0 Å². The molecule has 0 spiro atoms. The summed E-state index contributed by atoms with van der Waals surface area (Å²) in [6, 6.07) is 6.23. The number of nitrogens with zero attached hydrogens (tertiary/aromatic N) is 2. The van der Waals surface area contributed by atoms with E-state index < -0.39 is 10.8 Å². The van der Waals surface area contributed by atoms with E-state index >= 15 is 0 Å².